The first-order valence-electron chi connectivity index (χ1n) is 9.34. The van der Waals surface area contributed by atoms with Gasteiger partial charge in [-0.25, -0.2) is 9.59 Å². The number of esters is 1. The second kappa shape index (κ2) is 8.42. The summed E-state index contributed by atoms with van der Waals surface area (Å²) in [6.45, 7) is 3.01. The first-order chi connectivity index (χ1) is 14.3. The minimum Gasteiger partial charge on any atom is -0.468 e. The van der Waals surface area contributed by atoms with Gasteiger partial charge in [0.05, 0.1) is 12.6 Å². The van der Waals surface area contributed by atoms with Crippen LogP contribution in [0.3, 0.4) is 0 Å². The minimum atomic E-state index is -1.12. The third-order valence-corrected chi connectivity index (χ3v) is 5.02. The van der Waals surface area contributed by atoms with E-state index in [1.54, 1.807) is 74.5 Å². The van der Waals surface area contributed by atoms with Gasteiger partial charge < -0.3 is 15.0 Å². The van der Waals surface area contributed by atoms with Crippen LogP contribution in [0.5, 0.6) is 0 Å². The molecule has 0 saturated carbocycles. The summed E-state index contributed by atoms with van der Waals surface area (Å²) >= 11 is 0. The van der Waals surface area contributed by atoms with E-state index in [9.17, 15) is 19.6 Å². The number of hydroxylamine groups is 2. The summed E-state index contributed by atoms with van der Waals surface area (Å²) in [7, 11) is 1.23. The first-order valence-corrected chi connectivity index (χ1v) is 9.34. The number of benzene rings is 2. The highest BCUT2D eigenvalue weighted by Crippen LogP contribution is 2.37. The number of nitrogens with one attached hydrogen (secondary N) is 1. The lowest BCUT2D eigenvalue weighted by molar-refractivity contribution is -0.143. The molecule has 0 aliphatic carbocycles. The molecule has 9 nitrogen and oxygen atoms in total. The Kier molecular flexibility index (Phi) is 5.93. The second-order valence-electron chi connectivity index (χ2n) is 7.32. The average molecular weight is 412 g/mol. The number of hydrogen-bond donors (Lipinski definition) is 2. The number of amides is 4. The predicted octanol–water partition coefficient (Wildman–Crippen LogP) is 3.13. The zero-order valence-corrected chi connectivity index (χ0v) is 17.0. The fourth-order valence-corrected chi connectivity index (χ4v) is 3.46. The zero-order valence-electron chi connectivity index (χ0n) is 17.0. The van der Waals surface area contributed by atoms with E-state index in [2.05, 4.69) is 5.32 Å². The predicted molar refractivity (Wildman–Crippen MR) is 110 cm³/mol. The molecule has 9 heteroatoms. The van der Waals surface area contributed by atoms with E-state index in [0.29, 0.717) is 16.4 Å². The molecule has 0 aromatic heterocycles. The van der Waals surface area contributed by atoms with Crippen molar-refractivity contribution in [3.05, 3.63) is 60.7 Å². The molecule has 1 atom stereocenters. The number of anilines is 2. The highest BCUT2D eigenvalue weighted by Gasteiger charge is 2.56. The molecule has 0 bridgehead atoms. The van der Waals surface area contributed by atoms with Crippen LogP contribution >= 0.6 is 0 Å². The number of ether oxygens (including phenoxy) is 1. The van der Waals surface area contributed by atoms with E-state index in [1.165, 1.54) is 16.9 Å². The first kappa shape index (κ1) is 21.1. The maximum atomic E-state index is 13.2. The monoisotopic (exact) mass is 412 g/mol. The van der Waals surface area contributed by atoms with E-state index >= 15 is 0 Å². The number of rotatable bonds is 5. The molecule has 3 rings (SSSR count). The molecule has 1 aliphatic heterocycles. The molecule has 2 aromatic rings. The Bertz CT molecular complexity index is 920. The van der Waals surface area contributed by atoms with Crippen molar-refractivity contribution >= 4 is 29.4 Å². The van der Waals surface area contributed by atoms with Crippen LogP contribution in [0.2, 0.25) is 0 Å². The van der Waals surface area contributed by atoms with Crippen molar-refractivity contribution in [2.24, 2.45) is 0 Å². The van der Waals surface area contributed by atoms with Crippen molar-refractivity contribution in [1.82, 2.24) is 9.96 Å². The van der Waals surface area contributed by atoms with Gasteiger partial charge >= 0.3 is 18.0 Å². The Hall–Kier alpha value is -3.59. The molecule has 158 valence electrons. The summed E-state index contributed by atoms with van der Waals surface area (Å²) in [6, 6.07) is 15.9. The van der Waals surface area contributed by atoms with Crippen molar-refractivity contribution in [2.45, 2.75) is 25.6 Å². The summed E-state index contributed by atoms with van der Waals surface area (Å²) in [5.74, 6) is -0.608. The summed E-state index contributed by atoms with van der Waals surface area (Å²) in [4.78, 5) is 40.5. The largest absolute Gasteiger partial charge is 0.468 e. The third kappa shape index (κ3) is 3.92. The molecule has 0 radical (unpaired) electrons. The Morgan fingerprint density at radius 2 is 1.67 bits per heavy atom. The molecule has 2 N–H and O–H groups in total. The topological polar surface area (TPSA) is 102 Å². The van der Waals surface area contributed by atoms with Gasteiger partial charge in [-0.1, -0.05) is 36.4 Å². The van der Waals surface area contributed by atoms with Crippen LogP contribution in [0.1, 0.15) is 13.8 Å². The number of methoxy groups -OCH3 is 1. The van der Waals surface area contributed by atoms with E-state index < -0.39 is 29.7 Å². The summed E-state index contributed by atoms with van der Waals surface area (Å²) in [6.07, 6.45) is -1.11. The van der Waals surface area contributed by atoms with Crippen molar-refractivity contribution in [3.8, 4) is 0 Å². The van der Waals surface area contributed by atoms with Crippen LogP contribution in [0.15, 0.2) is 60.7 Å². The van der Waals surface area contributed by atoms with Crippen molar-refractivity contribution in [2.75, 3.05) is 23.9 Å². The van der Waals surface area contributed by atoms with Crippen LogP contribution in [0, 0.1) is 0 Å². The second-order valence-corrected chi connectivity index (χ2v) is 7.32. The van der Waals surface area contributed by atoms with Gasteiger partial charge in [0.1, 0.15) is 6.54 Å². The van der Waals surface area contributed by atoms with Gasteiger partial charge in [0.15, 0.2) is 6.17 Å². The standard InChI is InChI=1S/C21H24N4O5/c1-21(2)18(25(29)19(27)22-15-10-6-4-7-11-15)24(16-12-8-5-9-13-16)20(28)23(21)14-17(26)30-3/h4-13,18,29H,14H2,1-3H3,(H,22,27)/t18-/m0/s1. The quantitative estimate of drug-likeness (QED) is 0.446. The SMILES string of the molecule is COC(=O)CN1C(=O)N(c2ccccc2)[C@@H](N(O)C(=O)Nc2ccccc2)C1(C)C. The summed E-state index contributed by atoms with van der Waals surface area (Å²) in [5.41, 5.74) is -0.162. The molecule has 1 heterocycles. The van der Waals surface area contributed by atoms with Gasteiger partial charge in [-0.05, 0) is 38.1 Å². The van der Waals surface area contributed by atoms with Crippen LogP contribution in [0.25, 0.3) is 0 Å². The lowest BCUT2D eigenvalue weighted by atomic mass is 10.00. The van der Waals surface area contributed by atoms with Crippen molar-refractivity contribution in [3.63, 3.8) is 0 Å². The number of carbonyl (C=O) groups excluding carboxylic acids is 3. The fourth-order valence-electron chi connectivity index (χ4n) is 3.46. The molecular weight excluding hydrogens is 388 g/mol. The van der Waals surface area contributed by atoms with E-state index in [-0.39, 0.29) is 6.54 Å². The smallest absolute Gasteiger partial charge is 0.347 e. The Labute approximate surface area is 174 Å². The molecular formula is C21H24N4O5. The van der Waals surface area contributed by atoms with Gasteiger partial charge in [-0.15, -0.1) is 0 Å². The van der Waals surface area contributed by atoms with Gasteiger partial charge in [0, 0.05) is 11.4 Å². The van der Waals surface area contributed by atoms with Gasteiger partial charge in [-0.3, -0.25) is 14.9 Å². The molecule has 0 unspecified atom stereocenters. The number of urea groups is 2. The zero-order chi connectivity index (χ0) is 21.9. The summed E-state index contributed by atoms with van der Waals surface area (Å²) in [5, 5.41) is 13.9. The highest BCUT2D eigenvalue weighted by atomic mass is 16.5. The van der Waals surface area contributed by atoms with Gasteiger partial charge in [-0.2, -0.15) is 5.06 Å². The van der Waals surface area contributed by atoms with Gasteiger partial charge in [0.25, 0.3) is 0 Å². The van der Waals surface area contributed by atoms with Crippen LogP contribution < -0.4 is 10.2 Å². The molecule has 1 fully saturated rings. The molecule has 1 aliphatic rings. The third-order valence-electron chi connectivity index (χ3n) is 5.02. The maximum absolute atomic E-state index is 13.2. The Morgan fingerprint density at radius 1 is 1.10 bits per heavy atom. The van der Waals surface area contributed by atoms with Crippen LogP contribution in [-0.4, -0.2) is 58.6 Å². The number of carbonyl (C=O) groups is 3. The van der Waals surface area contributed by atoms with Crippen molar-refractivity contribution in [1.29, 1.82) is 0 Å². The molecule has 0 spiro atoms. The van der Waals surface area contributed by atoms with Gasteiger partial charge in [0.2, 0.25) is 0 Å². The Morgan fingerprint density at radius 3 is 2.23 bits per heavy atom. The molecule has 1 saturated heterocycles. The number of hydrogen-bond acceptors (Lipinski definition) is 5. The lowest BCUT2D eigenvalue weighted by Gasteiger charge is -2.38. The van der Waals surface area contributed by atoms with E-state index in [1.807, 2.05) is 0 Å². The lowest BCUT2D eigenvalue weighted by Crippen LogP contribution is -2.58. The summed E-state index contributed by atoms with van der Waals surface area (Å²) < 4.78 is 4.71. The minimum absolute atomic E-state index is 0.323. The highest BCUT2D eigenvalue weighted by molar-refractivity contribution is 5.99. The Balaban J connectivity index is 1.97. The average Bonchev–Trinajstić information content (AvgIpc) is 2.94. The molecule has 4 amide bonds. The van der Waals surface area contributed by atoms with Crippen molar-refractivity contribution < 1.29 is 24.3 Å². The maximum Gasteiger partial charge on any atom is 0.347 e. The van der Waals surface area contributed by atoms with E-state index in [0.717, 1.165) is 0 Å². The number of para-hydroxylation sites is 2. The fraction of sp³-hybridized carbons (Fsp3) is 0.286. The molecule has 2 aromatic carbocycles. The van der Waals surface area contributed by atoms with Crippen LogP contribution in [-0.2, 0) is 9.53 Å². The normalized spacial score (nSPS) is 17.6. The number of nitrogens with zero attached hydrogens (tertiary/aromatic N) is 3. The molecule has 30 heavy (non-hydrogen) atoms. The van der Waals surface area contributed by atoms with Crippen LogP contribution in [0.4, 0.5) is 21.0 Å². The van der Waals surface area contributed by atoms with E-state index in [4.69, 9.17) is 4.74 Å².